The number of hydrogen-bond donors (Lipinski definition) is 1. The topological polar surface area (TPSA) is 46.5 Å². The SMILES string of the molecule is O=C(C[C@@H](c1ccc(Cl)cc1)n1cccc1)NCCN1CCOCC1. The number of morpholine rings is 1. The van der Waals surface area contributed by atoms with Crippen LogP contribution in [0.5, 0.6) is 0 Å². The van der Waals surface area contributed by atoms with E-state index in [2.05, 4.69) is 14.8 Å². The van der Waals surface area contributed by atoms with Gasteiger partial charge in [-0.15, -0.1) is 0 Å². The van der Waals surface area contributed by atoms with Crippen molar-refractivity contribution in [1.82, 2.24) is 14.8 Å². The van der Waals surface area contributed by atoms with Crippen LogP contribution >= 0.6 is 11.6 Å². The quantitative estimate of drug-likeness (QED) is 0.824. The average Bonchev–Trinajstić information content (AvgIpc) is 3.16. The Morgan fingerprint density at radius 3 is 2.52 bits per heavy atom. The van der Waals surface area contributed by atoms with Crippen LogP contribution in [0.4, 0.5) is 0 Å². The third-order valence-corrected chi connectivity index (χ3v) is 4.73. The van der Waals surface area contributed by atoms with Crippen LogP contribution in [0.1, 0.15) is 18.0 Å². The van der Waals surface area contributed by atoms with Gasteiger partial charge in [-0.3, -0.25) is 9.69 Å². The third-order valence-electron chi connectivity index (χ3n) is 4.47. The molecular weight excluding hydrogens is 338 g/mol. The largest absolute Gasteiger partial charge is 0.379 e. The number of hydrogen-bond acceptors (Lipinski definition) is 3. The van der Waals surface area contributed by atoms with E-state index in [1.165, 1.54) is 0 Å². The second kappa shape index (κ2) is 9.04. The second-order valence-corrected chi connectivity index (χ2v) is 6.64. The first kappa shape index (κ1) is 18.0. The summed E-state index contributed by atoms with van der Waals surface area (Å²) >= 11 is 5.99. The minimum Gasteiger partial charge on any atom is -0.379 e. The van der Waals surface area contributed by atoms with Gasteiger partial charge in [-0.25, -0.2) is 0 Å². The molecule has 1 saturated heterocycles. The summed E-state index contributed by atoms with van der Waals surface area (Å²) in [6.07, 6.45) is 4.37. The molecule has 0 bridgehead atoms. The maximum atomic E-state index is 12.4. The first-order valence-electron chi connectivity index (χ1n) is 8.67. The summed E-state index contributed by atoms with van der Waals surface area (Å²) in [5.74, 6) is 0.0573. The fraction of sp³-hybridized carbons (Fsp3) is 0.421. The molecule has 1 aromatic heterocycles. The molecule has 1 N–H and O–H groups in total. The lowest BCUT2D eigenvalue weighted by molar-refractivity contribution is -0.121. The molecule has 1 atom stereocenters. The van der Waals surface area contributed by atoms with Crippen molar-refractivity contribution in [3.05, 3.63) is 59.4 Å². The fourth-order valence-corrected chi connectivity index (χ4v) is 3.19. The predicted molar refractivity (Wildman–Crippen MR) is 98.9 cm³/mol. The summed E-state index contributed by atoms with van der Waals surface area (Å²) in [5.41, 5.74) is 1.07. The number of carbonyl (C=O) groups excluding carboxylic acids is 1. The molecule has 2 heterocycles. The summed E-state index contributed by atoms with van der Waals surface area (Å²) in [5, 5.41) is 3.74. The van der Waals surface area contributed by atoms with Gasteiger partial charge in [-0.1, -0.05) is 23.7 Å². The van der Waals surface area contributed by atoms with Crippen LogP contribution in [0.15, 0.2) is 48.8 Å². The van der Waals surface area contributed by atoms with Crippen LogP contribution in [0, 0.1) is 0 Å². The Kier molecular flexibility index (Phi) is 6.50. The number of aromatic nitrogens is 1. The number of benzene rings is 1. The standard InChI is InChI=1S/C19H24ClN3O2/c20-17-5-3-16(4-6-17)18(23-8-1-2-9-23)15-19(24)21-7-10-22-11-13-25-14-12-22/h1-6,8-9,18H,7,10-15H2,(H,21,24)/t18-/m0/s1. The molecule has 25 heavy (non-hydrogen) atoms. The molecule has 1 fully saturated rings. The third kappa shape index (κ3) is 5.33. The van der Waals surface area contributed by atoms with Crippen molar-refractivity contribution in [3.8, 4) is 0 Å². The highest BCUT2D eigenvalue weighted by Gasteiger charge is 2.17. The number of nitrogens with one attached hydrogen (secondary N) is 1. The van der Waals surface area contributed by atoms with E-state index < -0.39 is 0 Å². The maximum absolute atomic E-state index is 12.4. The molecule has 134 valence electrons. The van der Waals surface area contributed by atoms with E-state index in [0.717, 1.165) is 38.4 Å². The van der Waals surface area contributed by atoms with Gasteiger partial charge in [0, 0.05) is 43.6 Å². The van der Waals surface area contributed by atoms with Crippen LogP contribution in [-0.4, -0.2) is 54.8 Å². The van der Waals surface area contributed by atoms with Gasteiger partial charge < -0.3 is 14.6 Å². The molecule has 5 nitrogen and oxygen atoms in total. The summed E-state index contributed by atoms with van der Waals surface area (Å²) in [4.78, 5) is 14.7. The van der Waals surface area contributed by atoms with Gasteiger partial charge in [0.15, 0.2) is 0 Å². The molecule has 2 aromatic rings. The minimum atomic E-state index is -0.0318. The molecule has 0 saturated carbocycles. The van der Waals surface area contributed by atoms with Crippen LogP contribution < -0.4 is 5.32 Å². The van der Waals surface area contributed by atoms with Crippen LogP contribution in [0.2, 0.25) is 5.02 Å². The zero-order valence-corrected chi connectivity index (χ0v) is 15.0. The minimum absolute atomic E-state index is 0.0318. The highest BCUT2D eigenvalue weighted by atomic mass is 35.5. The van der Waals surface area contributed by atoms with E-state index in [1.807, 2.05) is 48.8 Å². The number of amides is 1. The molecule has 6 heteroatoms. The molecule has 0 spiro atoms. The highest BCUT2D eigenvalue weighted by Crippen LogP contribution is 2.23. The summed E-state index contributed by atoms with van der Waals surface area (Å²) in [6, 6.07) is 11.6. The molecule has 0 unspecified atom stereocenters. The molecule has 3 rings (SSSR count). The zero-order chi connectivity index (χ0) is 17.5. The molecule has 0 radical (unpaired) electrons. The van der Waals surface area contributed by atoms with Crippen LogP contribution in [0.3, 0.4) is 0 Å². The monoisotopic (exact) mass is 361 g/mol. The number of ether oxygens (including phenoxy) is 1. The Morgan fingerprint density at radius 1 is 1.16 bits per heavy atom. The van der Waals surface area contributed by atoms with Crippen molar-refractivity contribution in [1.29, 1.82) is 0 Å². The van der Waals surface area contributed by atoms with Crippen molar-refractivity contribution in [2.45, 2.75) is 12.5 Å². The van der Waals surface area contributed by atoms with E-state index in [0.29, 0.717) is 18.0 Å². The number of carbonyl (C=O) groups is 1. The Labute approximate surface area is 153 Å². The molecular formula is C19H24ClN3O2. The summed E-state index contributed by atoms with van der Waals surface area (Å²) in [6.45, 7) is 4.96. The highest BCUT2D eigenvalue weighted by molar-refractivity contribution is 6.30. The van der Waals surface area contributed by atoms with Gasteiger partial charge >= 0.3 is 0 Å². The summed E-state index contributed by atoms with van der Waals surface area (Å²) in [7, 11) is 0. The van der Waals surface area contributed by atoms with Gasteiger partial charge in [-0.05, 0) is 29.8 Å². The maximum Gasteiger partial charge on any atom is 0.222 e. The lowest BCUT2D eigenvalue weighted by atomic mass is 10.0. The smallest absolute Gasteiger partial charge is 0.222 e. The first-order valence-corrected chi connectivity index (χ1v) is 9.05. The first-order chi connectivity index (χ1) is 12.2. The van der Waals surface area contributed by atoms with Gasteiger partial charge in [0.1, 0.15) is 0 Å². The van der Waals surface area contributed by atoms with E-state index >= 15 is 0 Å². The van der Waals surface area contributed by atoms with Crippen molar-refractivity contribution < 1.29 is 9.53 Å². The Bertz CT molecular complexity index is 652. The van der Waals surface area contributed by atoms with Crippen molar-refractivity contribution in [2.24, 2.45) is 0 Å². The number of halogens is 1. The van der Waals surface area contributed by atoms with Crippen molar-refractivity contribution >= 4 is 17.5 Å². The normalized spacial score (nSPS) is 16.5. The van der Waals surface area contributed by atoms with Gasteiger partial charge in [-0.2, -0.15) is 0 Å². The van der Waals surface area contributed by atoms with Crippen molar-refractivity contribution in [3.63, 3.8) is 0 Å². The molecule has 1 aliphatic rings. The average molecular weight is 362 g/mol. The second-order valence-electron chi connectivity index (χ2n) is 6.21. The predicted octanol–water partition coefficient (Wildman–Crippen LogP) is 2.57. The molecule has 0 aliphatic carbocycles. The molecule has 1 aliphatic heterocycles. The van der Waals surface area contributed by atoms with Gasteiger partial charge in [0.25, 0.3) is 0 Å². The van der Waals surface area contributed by atoms with E-state index in [-0.39, 0.29) is 11.9 Å². The van der Waals surface area contributed by atoms with E-state index in [9.17, 15) is 4.79 Å². The Balaban J connectivity index is 1.56. The van der Waals surface area contributed by atoms with Gasteiger partial charge in [0.2, 0.25) is 5.91 Å². The number of rotatable bonds is 7. The van der Waals surface area contributed by atoms with Crippen LogP contribution in [0.25, 0.3) is 0 Å². The van der Waals surface area contributed by atoms with E-state index in [1.54, 1.807) is 0 Å². The number of nitrogens with zero attached hydrogens (tertiary/aromatic N) is 2. The zero-order valence-electron chi connectivity index (χ0n) is 14.2. The molecule has 1 amide bonds. The van der Waals surface area contributed by atoms with Gasteiger partial charge in [0.05, 0.1) is 25.7 Å². The lowest BCUT2D eigenvalue weighted by Crippen LogP contribution is -2.41. The van der Waals surface area contributed by atoms with E-state index in [4.69, 9.17) is 16.3 Å². The molecule has 1 aromatic carbocycles. The van der Waals surface area contributed by atoms with Crippen molar-refractivity contribution in [2.75, 3.05) is 39.4 Å². The van der Waals surface area contributed by atoms with Crippen LogP contribution in [-0.2, 0) is 9.53 Å². The Hall–Kier alpha value is -1.82. The Morgan fingerprint density at radius 2 is 1.84 bits per heavy atom. The lowest BCUT2D eigenvalue weighted by Gasteiger charge is -2.26. The summed E-state index contributed by atoms with van der Waals surface area (Å²) < 4.78 is 7.40. The fourth-order valence-electron chi connectivity index (χ4n) is 3.06.